The molecule has 0 saturated carbocycles. The maximum absolute atomic E-state index is 11.7. The van der Waals surface area contributed by atoms with E-state index in [9.17, 15) is 4.79 Å². The highest BCUT2D eigenvalue weighted by molar-refractivity contribution is 5.85. The highest BCUT2D eigenvalue weighted by Gasteiger charge is 2.15. The number of para-hydroxylation sites is 1. The van der Waals surface area contributed by atoms with Gasteiger partial charge in [0.2, 0.25) is 5.91 Å². The van der Waals surface area contributed by atoms with Crippen LogP contribution < -0.4 is 15.4 Å². The number of hydrogen-bond acceptors (Lipinski definition) is 3. The van der Waals surface area contributed by atoms with E-state index >= 15 is 0 Å². The maximum Gasteiger partial charge on any atom is 0.220 e. The lowest BCUT2D eigenvalue weighted by molar-refractivity contribution is -0.121. The molecule has 124 valence electrons. The number of amides is 1. The van der Waals surface area contributed by atoms with Crippen LogP contribution in [0.5, 0.6) is 5.75 Å². The molecule has 2 N–H and O–H groups in total. The summed E-state index contributed by atoms with van der Waals surface area (Å²) in [6, 6.07) is 7.99. The maximum atomic E-state index is 11.7. The molecule has 1 aliphatic heterocycles. The van der Waals surface area contributed by atoms with Gasteiger partial charge < -0.3 is 15.4 Å². The lowest BCUT2D eigenvalue weighted by Crippen LogP contribution is -2.26. The van der Waals surface area contributed by atoms with Crippen molar-refractivity contribution in [3.63, 3.8) is 0 Å². The predicted octanol–water partition coefficient (Wildman–Crippen LogP) is 2.69. The van der Waals surface area contributed by atoms with Crippen LogP contribution in [0, 0.1) is 12.8 Å². The molecule has 22 heavy (non-hydrogen) atoms. The molecule has 1 fully saturated rings. The molecular formula is C17H27ClN2O2. The molecule has 4 nitrogen and oxygen atoms in total. The Morgan fingerprint density at radius 2 is 2.23 bits per heavy atom. The monoisotopic (exact) mass is 326 g/mol. The zero-order valence-corrected chi connectivity index (χ0v) is 14.1. The average molecular weight is 327 g/mol. The van der Waals surface area contributed by atoms with E-state index in [1.54, 1.807) is 0 Å². The van der Waals surface area contributed by atoms with Gasteiger partial charge in [-0.05, 0) is 56.8 Å². The highest BCUT2D eigenvalue weighted by atomic mass is 35.5. The van der Waals surface area contributed by atoms with Crippen molar-refractivity contribution in [2.75, 3.05) is 26.2 Å². The minimum atomic E-state index is 0. The van der Waals surface area contributed by atoms with Crippen molar-refractivity contribution in [2.45, 2.75) is 32.6 Å². The van der Waals surface area contributed by atoms with Gasteiger partial charge in [-0.2, -0.15) is 0 Å². The lowest BCUT2D eigenvalue weighted by Gasteiger charge is -2.10. The van der Waals surface area contributed by atoms with Crippen molar-refractivity contribution in [3.8, 4) is 5.75 Å². The highest BCUT2D eigenvalue weighted by Crippen LogP contribution is 2.16. The standard InChI is InChI=1S/C17H26N2O2.ClH/c1-14-5-2-3-6-16(14)21-12-4-10-19-17(20)8-7-15-9-11-18-13-15;/h2-3,5-6,15,18H,4,7-13H2,1H3,(H,19,20);1H. The summed E-state index contributed by atoms with van der Waals surface area (Å²) < 4.78 is 5.70. The molecule has 0 aliphatic carbocycles. The second-order valence-electron chi connectivity index (χ2n) is 5.71. The number of hydrogen-bond donors (Lipinski definition) is 2. The fraction of sp³-hybridized carbons (Fsp3) is 0.588. The summed E-state index contributed by atoms with van der Waals surface area (Å²) in [5, 5.41) is 6.30. The van der Waals surface area contributed by atoms with Gasteiger partial charge in [-0.25, -0.2) is 0 Å². The van der Waals surface area contributed by atoms with Crippen molar-refractivity contribution in [1.29, 1.82) is 0 Å². The molecule has 1 amide bonds. The Morgan fingerprint density at radius 3 is 2.95 bits per heavy atom. The van der Waals surface area contributed by atoms with Gasteiger partial charge in [0.05, 0.1) is 6.61 Å². The van der Waals surface area contributed by atoms with E-state index in [4.69, 9.17) is 4.74 Å². The number of nitrogens with one attached hydrogen (secondary N) is 2. The van der Waals surface area contributed by atoms with E-state index in [2.05, 4.69) is 10.6 Å². The second-order valence-corrected chi connectivity index (χ2v) is 5.71. The van der Waals surface area contributed by atoms with E-state index in [0.29, 0.717) is 25.5 Å². The molecule has 1 saturated heterocycles. The smallest absolute Gasteiger partial charge is 0.220 e. The summed E-state index contributed by atoms with van der Waals surface area (Å²) in [5.74, 6) is 1.77. The first-order chi connectivity index (χ1) is 10.3. The van der Waals surface area contributed by atoms with E-state index in [1.165, 1.54) is 6.42 Å². The van der Waals surface area contributed by atoms with Crippen LogP contribution >= 0.6 is 12.4 Å². The molecule has 2 rings (SSSR count). The normalized spacial score (nSPS) is 16.9. The first-order valence-corrected chi connectivity index (χ1v) is 7.91. The largest absolute Gasteiger partial charge is 0.493 e. The Labute approximate surface area is 139 Å². The van der Waals surface area contributed by atoms with E-state index in [0.717, 1.165) is 37.2 Å². The van der Waals surface area contributed by atoms with Gasteiger partial charge in [-0.15, -0.1) is 12.4 Å². The molecule has 0 radical (unpaired) electrons. The predicted molar refractivity (Wildman–Crippen MR) is 91.8 cm³/mol. The van der Waals surface area contributed by atoms with Crippen molar-refractivity contribution in [2.24, 2.45) is 5.92 Å². The van der Waals surface area contributed by atoms with Crippen molar-refractivity contribution < 1.29 is 9.53 Å². The van der Waals surface area contributed by atoms with Gasteiger partial charge in [0.15, 0.2) is 0 Å². The number of aryl methyl sites for hydroxylation is 1. The minimum Gasteiger partial charge on any atom is -0.493 e. The van der Waals surface area contributed by atoms with Crippen LogP contribution in [-0.4, -0.2) is 32.1 Å². The van der Waals surface area contributed by atoms with Crippen LogP contribution in [0.1, 0.15) is 31.2 Å². The summed E-state index contributed by atoms with van der Waals surface area (Å²) in [4.78, 5) is 11.7. The van der Waals surface area contributed by atoms with E-state index in [1.807, 2.05) is 31.2 Å². The van der Waals surface area contributed by atoms with Crippen molar-refractivity contribution >= 4 is 18.3 Å². The third kappa shape index (κ3) is 6.67. The first kappa shape index (κ1) is 18.8. The average Bonchev–Trinajstić information content (AvgIpc) is 3.00. The van der Waals surface area contributed by atoms with Crippen molar-refractivity contribution in [1.82, 2.24) is 10.6 Å². The summed E-state index contributed by atoms with van der Waals surface area (Å²) >= 11 is 0. The van der Waals surface area contributed by atoms with Gasteiger partial charge >= 0.3 is 0 Å². The quantitative estimate of drug-likeness (QED) is 0.722. The zero-order valence-electron chi connectivity index (χ0n) is 13.3. The molecular weight excluding hydrogens is 300 g/mol. The van der Waals surface area contributed by atoms with Crippen LogP contribution in [0.4, 0.5) is 0 Å². The Hall–Kier alpha value is -1.26. The van der Waals surface area contributed by atoms with Crippen LogP contribution in [0.2, 0.25) is 0 Å². The number of carbonyl (C=O) groups excluding carboxylic acids is 1. The third-order valence-corrected chi connectivity index (χ3v) is 3.94. The summed E-state index contributed by atoms with van der Waals surface area (Å²) in [5.41, 5.74) is 1.15. The number of halogens is 1. The van der Waals surface area contributed by atoms with Crippen LogP contribution in [-0.2, 0) is 4.79 Å². The zero-order chi connectivity index (χ0) is 14.9. The van der Waals surface area contributed by atoms with Crippen LogP contribution in [0.15, 0.2) is 24.3 Å². The Balaban J connectivity index is 0.00000242. The topological polar surface area (TPSA) is 50.4 Å². The third-order valence-electron chi connectivity index (χ3n) is 3.94. The summed E-state index contributed by atoms with van der Waals surface area (Å²) in [6.07, 6.45) is 3.69. The van der Waals surface area contributed by atoms with Crippen molar-refractivity contribution in [3.05, 3.63) is 29.8 Å². The number of ether oxygens (including phenoxy) is 1. The van der Waals surface area contributed by atoms with Crippen LogP contribution in [0.25, 0.3) is 0 Å². The van der Waals surface area contributed by atoms with Crippen LogP contribution in [0.3, 0.4) is 0 Å². The number of benzene rings is 1. The van der Waals surface area contributed by atoms with Gasteiger partial charge in [-0.1, -0.05) is 18.2 Å². The van der Waals surface area contributed by atoms with Gasteiger partial charge in [0.1, 0.15) is 5.75 Å². The number of rotatable bonds is 8. The molecule has 1 aliphatic rings. The second kappa shape index (κ2) is 10.5. The molecule has 0 spiro atoms. The molecule has 1 heterocycles. The first-order valence-electron chi connectivity index (χ1n) is 7.91. The Morgan fingerprint density at radius 1 is 1.41 bits per heavy atom. The molecule has 0 bridgehead atoms. The number of carbonyl (C=O) groups is 1. The SMILES string of the molecule is Cc1ccccc1OCCCNC(=O)CCC1CCNC1.Cl. The summed E-state index contributed by atoms with van der Waals surface area (Å²) in [6.45, 7) is 5.53. The Bertz CT molecular complexity index is 448. The van der Waals surface area contributed by atoms with Gasteiger partial charge in [0.25, 0.3) is 0 Å². The van der Waals surface area contributed by atoms with Gasteiger partial charge in [-0.3, -0.25) is 4.79 Å². The van der Waals surface area contributed by atoms with E-state index < -0.39 is 0 Å². The fourth-order valence-electron chi connectivity index (χ4n) is 2.58. The van der Waals surface area contributed by atoms with E-state index in [-0.39, 0.29) is 18.3 Å². The molecule has 1 atom stereocenters. The molecule has 1 unspecified atom stereocenters. The molecule has 1 aromatic rings. The lowest BCUT2D eigenvalue weighted by atomic mass is 10.0. The minimum absolute atomic E-state index is 0. The fourth-order valence-corrected chi connectivity index (χ4v) is 2.58. The summed E-state index contributed by atoms with van der Waals surface area (Å²) in [7, 11) is 0. The molecule has 5 heteroatoms. The Kier molecular flexibility index (Phi) is 8.94. The molecule has 1 aromatic carbocycles. The molecule has 0 aromatic heterocycles. The van der Waals surface area contributed by atoms with Gasteiger partial charge in [0, 0.05) is 13.0 Å².